The molecule has 1 heterocycles. The van der Waals surface area contributed by atoms with E-state index in [1.807, 2.05) is 37.3 Å². The molecule has 1 atom stereocenters. The van der Waals surface area contributed by atoms with E-state index in [1.54, 1.807) is 7.11 Å². The van der Waals surface area contributed by atoms with E-state index in [-0.39, 0.29) is 6.04 Å². The van der Waals surface area contributed by atoms with E-state index < -0.39 is 0 Å². The molecule has 0 saturated carbocycles. The lowest BCUT2D eigenvalue weighted by atomic mass is 10.1. The van der Waals surface area contributed by atoms with Gasteiger partial charge in [-0.2, -0.15) is 0 Å². The Morgan fingerprint density at radius 1 is 1.38 bits per heavy atom. The quantitative estimate of drug-likeness (QED) is 0.859. The number of aromatic nitrogens is 1. The average molecular weight is 218 g/mol. The SMILES string of the molecule is COc1cccc(-c2cc(C(C)N)on2)c1. The van der Waals surface area contributed by atoms with Gasteiger partial charge in [-0.15, -0.1) is 0 Å². The van der Waals surface area contributed by atoms with Gasteiger partial charge in [-0.05, 0) is 19.1 Å². The summed E-state index contributed by atoms with van der Waals surface area (Å²) in [7, 11) is 1.63. The topological polar surface area (TPSA) is 61.3 Å². The molecule has 2 rings (SSSR count). The molecule has 1 aromatic heterocycles. The third-order valence-corrected chi connectivity index (χ3v) is 2.34. The predicted molar refractivity (Wildman–Crippen MR) is 61.1 cm³/mol. The maximum absolute atomic E-state index is 5.70. The third kappa shape index (κ3) is 2.06. The molecule has 0 spiro atoms. The lowest BCUT2D eigenvalue weighted by molar-refractivity contribution is 0.369. The van der Waals surface area contributed by atoms with Gasteiger partial charge in [0.2, 0.25) is 0 Å². The summed E-state index contributed by atoms with van der Waals surface area (Å²) in [5.74, 6) is 1.47. The number of hydrogen-bond acceptors (Lipinski definition) is 4. The molecule has 16 heavy (non-hydrogen) atoms. The number of rotatable bonds is 3. The number of nitrogens with two attached hydrogens (primary N) is 1. The van der Waals surface area contributed by atoms with Crippen molar-refractivity contribution in [1.82, 2.24) is 5.16 Å². The highest BCUT2D eigenvalue weighted by Gasteiger charge is 2.09. The van der Waals surface area contributed by atoms with Crippen molar-refractivity contribution < 1.29 is 9.26 Å². The largest absolute Gasteiger partial charge is 0.497 e. The summed E-state index contributed by atoms with van der Waals surface area (Å²) in [4.78, 5) is 0. The van der Waals surface area contributed by atoms with Gasteiger partial charge in [0, 0.05) is 11.6 Å². The molecule has 0 saturated heterocycles. The van der Waals surface area contributed by atoms with E-state index in [1.165, 1.54) is 0 Å². The number of benzene rings is 1. The van der Waals surface area contributed by atoms with Gasteiger partial charge in [-0.3, -0.25) is 0 Å². The van der Waals surface area contributed by atoms with Crippen LogP contribution >= 0.6 is 0 Å². The summed E-state index contributed by atoms with van der Waals surface area (Å²) in [6, 6.07) is 9.35. The lowest BCUT2D eigenvalue weighted by Crippen LogP contribution is -2.02. The maximum atomic E-state index is 5.70. The van der Waals surface area contributed by atoms with Crippen LogP contribution in [0.1, 0.15) is 18.7 Å². The zero-order chi connectivity index (χ0) is 11.5. The smallest absolute Gasteiger partial charge is 0.153 e. The minimum Gasteiger partial charge on any atom is -0.497 e. The Morgan fingerprint density at radius 3 is 2.81 bits per heavy atom. The van der Waals surface area contributed by atoms with Gasteiger partial charge < -0.3 is 15.0 Å². The van der Waals surface area contributed by atoms with Crippen molar-refractivity contribution in [3.05, 3.63) is 36.1 Å². The minimum absolute atomic E-state index is 0.146. The third-order valence-electron chi connectivity index (χ3n) is 2.34. The van der Waals surface area contributed by atoms with E-state index in [2.05, 4.69) is 5.16 Å². The number of ether oxygens (including phenoxy) is 1. The first kappa shape index (κ1) is 10.7. The highest BCUT2D eigenvalue weighted by atomic mass is 16.5. The second-order valence-electron chi connectivity index (χ2n) is 3.64. The molecule has 0 aliphatic carbocycles. The second-order valence-corrected chi connectivity index (χ2v) is 3.64. The molecule has 2 N–H and O–H groups in total. The Balaban J connectivity index is 2.34. The van der Waals surface area contributed by atoms with Crippen LogP contribution in [-0.4, -0.2) is 12.3 Å². The Bertz CT molecular complexity index is 477. The summed E-state index contributed by atoms with van der Waals surface area (Å²) >= 11 is 0. The molecule has 2 aromatic rings. The van der Waals surface area contributed by atoms with Crippen LogP contribution in [0.5, 0.6) is 5.75 Å². The summed E-state index contributed by atoms with van der Waals surface area (Å²) < 4.78 is 10.3. The molecule has 0 fully saturated rings. The van der Waals surface area contributed by atoms with Gasteiger partial charge in [0.25, 0.3) is 0 Å². The van der Waals surface area contributed by atoms with E-state index in [9.17, 15) is 0 Å². The predicted octanol–water partition coefficient (Wildman–Crippen LogP) is 2.37. The normalized spacial score (nSPS) is 12.4. The average Bonchev–Trinajstić information content (AvgIpc) is 2.78. The number of hydrogen-bond donors (Lipinski definition) is 1. The van der Waals surface area contributed by atoms with Gasteiger partial charge in [-0.25, -0.2) is 0 Å². The van der Waals surface area contributed by atoms with Crippen molar-refractivity contribution in [2.75, 3.05) is 7.11 Å². The Hall–Kier alpha value is -1.81. The van der Waals surface area contributed by atoms with Crippen molar-refractivity contribution in [2.24, 2.45) is 5.73 Å². The Labute approximate surface area is 94.0 Å². The van der Waals surface area contributed by atoms with Crippen molar-refractivity contribution in [3.8, 4) is 17.0 Å². The first-order chi connectivity index (χ1) is 7.70. The first-order valence-corrected chi connectivity index (χ1v) is 5.07. The molecule has 1 aromatic carbocycles. The van der Waals surface area contributed by atoms with Crippen molar-refractivity contribution in [3.63, 3.8) is 0 Å². The lowest BCUT2D eigenvalue weighted by Gasteiger charge is -2.00. The zero-order valence-electron chi connectivity index (χ0n) is 9.31. The molecule has 84 valence electrons. The summed E-state index contributed by atoms with van der Waals surface area (Å²) in [5.41, 5.74) is 7.43. The molecule has 0 radical (unpaired) electrons. The first-order valence-electron chi connectivity index (χ1n) is 5.07. The molecule has 0 aliphatic rings. The number of nitrogens with zero attached hydrogens (tertiary/aromatic N) is 1. The van der Waals surface area contributed by atoms with Crippen LogP contribution in [0.3, 0.4) is 0 Å². The van der Waals surface area contributed by atoms with Crippen LogP contribution in [0, 0.1) is 0 Å². The van der Waals surface area contributed by atoms with Crippen molar-refractivity contribution in [2.45, 2.75) is 13.0 Å². The zero-order valence-corrected chi connectivity index (χ0v) is 9.31. The van der Waals surface area contributed by atoms with Crippen LogP contribution in [0.25, 0.3) is 11.3 Å². The van der Waals surface area contributed by atoms with E-state index >= 15 is 0 Å². The van der Waals surface area contributed by atoms with Crippen molar-refractivity contribution in [1.29, 1.82) is 0 Å². The molecule has 4 nitrogen and oxygen atoms in total. The molecule has 1 unspecified atom stereocenters. The Morgan fingerprint density at radius 2 is 2.19 bits per heavy atom. The van der Waals surface area contributed by atoms with Crippen LogP contribution in [-0.2, 0) is 0 Å². The molecule has 0 amide bonds. The van der Waals surface area contributed by atoms with E-state index in [0.717, 1.165) is 17.0 Å². The van der Waals surface area contributed by atoms with Crippen LogP contribution < -0.4 is 10.5 Å². The fourth-order valence-electron chi connectivity index (χ4n) is 1.42. The summed E-state index contributed by atoms with van der Waals surface area (Å²) in [5, 5.41) is 3.97. The molecule has 0 bridgehead atoms. The van der Waals surface area contributed by atoms with Gasteiger partial charge in [0.15, 0.2) is 5.76 Å². The van der Waals surface area contributed by atoms with Gasteiger partial charge >= 0.3 is 0 Å². The highest BCUT2D eigenvalue weighted by Crippen LogP contribution is 2.24. The molecule has 0 aliphatic heterocycles. The van der Waals surface area contributed by atoms with Crippen molar-refractivity contribution >= 4 is 0 Å². The molecular weight excluding hydrogens is 204 g/mol. The monoisotopic (exact) mass is 218 g/mol. The fourth-order valence-corrected chi connectivity index (χ4v) is 1.42. The Kier molecular flexibility index (Phi) is 2.92. The minimum atomic E-state index is -0.146. The maximum Gasteiger partial charge on any atom is 0.153 e. The molecule has 4 heteroatoms. The van der Waals surface area contributed by atoms with Gasteiger partial charge in [0.05, 0.1) is 13.2 Å². The van der Waals surface area contributed by atoms with Gasteiger partial charge in [-0.1, -0.05) is 17.3 Å². The van der Waals surface area contributed by atoms with E-state index in [4.69, 9.17) is 15.0 Å². The standard InChI is InChI=1S/C12H14N2O2/c1-8(13)12-7-11(14-16-12)9-4-3-5-10(6-9)15-2/h3-8H,13H2,1-2H3. The number of methoxy groups -OCH3 is 1. The van der Waals surface area contributed by atoms with Crippen LogP contribution in [0.4, 0.5) is 0 Å². The molecular formula is C12H14N2O2. The fraction of sp³-hybridized carbons (Fsp3) is 0.250. The van der Waals surface area contributed by atoms with E-state index in [0.29, 0.717) is 5.76 Å². The van der Waals surface area contributed by atoms with Gasteiger partial charge in [0.1, 0.15) is 11.4 Å². The highest BCUT2D eigenvalue weighted by molar-refractivity contribution is 5.61. The summed E-state index contributed by atoms with van der Waals surface area (Å²) in [6.45, 7) is 1.86. The second kappa shape index (κ2) is 4.37. The van der Waals surface area contributed by atoms with Crippen LogP contribution in [0.15, 0.2) is 34.9 Å². The van der Waals surface area contributed by atoms with Crippen LogP contribution in [0.2, 0.25) is 0 Å². The summed E-state index contributed by atoms with van der Waals surface area (Å²) in [6.07, 6.45) is 0.